The highest BCUT2D eigenvalue weighted by Crippen LogP contribution is 2.15. The summed E-state index contributed by atoms with van der Waals surface area (Å²) in [7, 11) is -3.68. The van der Waals surface area contributed by atoms with E-state index in [-0.39, 0.29) is 29.9 Å². The van der Waals surface area contributed by atoms with Gasteiger partial charge in [-0.25, -0.2) is 8.42 Å². The number of nitrogens with one attached hydrogen (secondary N) is 1. The van der Waals surface area contributed by atoms with Crippen molar-refractivity contribution in [2.75, 3.05) is 6.54 Å². The van der Waals surface area contributed by atoms with Crippen LogP contribution in [0.25, 0.3) is 0 Å². The summed E-state index contributed by atoms with van der Waals surface area (Å²) in [6.07, 6.45) is 0.734. The topological polar surface area (TPSA) is 102 Å². The number of carbonyl (C=O) groups is 1. The van der Waals surface area contributed by atoms with E-state index in [1.54, 1.807) is 24.3 Å². The Morgan fingerprint density at radius 3 is 2.58 bits per heavy atom. The molecule has 0 spiro atoms. The summed E-state index contributed by atoms with van der Waals surface area (Å²) in [6.45, 7) is 4.24. The van der Waals surface area contributed by atoms with E-state index < -0.39 is 15.1 Å². The Kier molecular flexibility index (Phi) is 6.08. The number of rotatable bonds is 8. The molecular formula is C16H21N3O4S. The molecule has 8 heteroatoms. The summed E-state index contributed by atoms with van der Waals surface area (Å²) in [6, 6.07) is 8.79. The van der Waals surface area contributed by atoms with Crippen LogP contribution in [0.4, 0.5) is 0 Å². The van der Waals surface area contributed by atoms with Crippen LogP contribution in [0, 0.1) is 5.92 Å². The molecule has 0 unspecified atom stereocenters. The molecule has 2 aromatic rings. The SMILES string of the molecule is CC(C)CC(=O)NCCc1nnc(S(=O)(=O)Cc2ccccc2)o1. The number of carbonyl (C=O) groups excluding carboxylic acids is 1. The molecule has 0 atom stereocenters. The third-order valence-corrected chi connectivity index (χ3v) is 4.58. The summed E-state index contributed by atoms with van der Waals surface area (Å²) in [5.41, 5.74) is 0.651. The number of nitrogens with zero attached hydrogens (tertiary/aromatic N) is 2. The fourth-order valence-electron chi connectivity index (χ4n) is 2.07. The summed E-state index contributed by atoms with van der Waals surface area (Å²) < 4.78 is 29.7. The van der Waals surface area contributed by atoms with Gasteiger partial charge in [-0.1, -0.05) is 49.3 Å². The third-order valence-electron chi connectivity index (χ3n) is 3.17. The normalized spacial score (nSPS) is 11.6. The Morgan fingerprint density at radius 1 is 1.21 bits per heavy atom. The van der Waals surface area contributed by atoms with E-state index in [0.717, 1.165) is 0 Å². The Hall–Kier alpha value is -2.22. The molecule has 7 nitrogen and oxygen atoms in total. The predicted molar refractivity (Wildman–Crippen MR) is 87.8 cm³/mol. The van der Waals surface area contributed by atoms with Gasteiger partial charge in [0, 0.05) is 19.4 Å². The molecule has 24 heavy (non-hydrogen) atoms. The zero-order chi connectivity index (χ0) is 17.6. The average molecular weight is 351 g/mol. The van der Waals surface area contributed by atoms with E-state index in [1.165, 1.54) is 0 Å². The molecule has 1 heterocycles. The van der Waals surface area contributed by atoms with Crippen LogP contribution in [0.15, 0.2) is 40.0 Å². The van der Waals surface area contributed by atoms with Gasteiger partial charge in [0.05, 0.1) is 5.75 Å². The number of benzene rings is 1. The summed E-state index contributed by atoms with van der Waals surface area (Å²) in [4.78, 5) is 11.5. The first-order valence-corrected chi connectivity index (χ1v) is 9.38. The Morgan fingerprint density at radius 2 is 1.92 bits per heavy atom. The monoisotopic (exact) mass is 351 g/mol. The van der Waals surface area contributed by atoms with Crippen LogP contribution in [0.1, 0.15) is 31.7 Å². The summed E-state index contributed by atoms with van der Waals surface area (Å²) in [5.74, 6) is 0.219. The van der Waals surface area contributed by atoms with Crippen LogP contribution >= 0.6 is 0 Å². The highest BCUT2D eigenvalue weighted by atomic mass is 32.2. The standard InChI is InChI=1S/C16H21N3O4S/c1-12(2)10-14(20)17-9-8-15-18-19-16(23-15)24(21,22)11-13-6-4-3-5-7-13/h3-7,12H,8-11H2,1-2H3,(H,17,20). The van der Waals surface area contributed by atoms with E-state index in [0.29, 0.717) is 18.5 Å². The molecule has 0 aliphatic rings. The summed E-state index contributed by atoms with van der Waals surface area (Å²) in [5, 5.41) is 9.69. The Bertz CT molecular complexity index is 770. The minimum absolute atomic E-state index is 0.0542. The van der Waals surface area contributed by atoms with Gasteiger partial charge >= 0.3 is 5.22 Å². The lowest BCUT2D eigenvalue weighted by atomic mass is 10.1. The lowest BCUT2D eigenvalue weighted by molar-refractivity contribution is -0.121. The smallest absolute Gasteiger partial charge is 0.335 e. The zero-order valence-corrected chi connectivity index (χ0v) is 14.5. The van der Waals surface area contributed by atoms with Gasteiger partial charge in [-0.2, -0.15) is 0 Å². The van der Waals surface area contributed by atoms with Crippen molar-refractivity contribution in [1.29, 1.82) is 0 Å². The van der Waals surface area contributed by atoms with Gasteiger partial charge in [0.2, 0.25) is 21.6 Å². The highest BCUT2D eigenvalue weighted by molar-refractivity contribution is 7.90. The quantitative estimate of drug-likeness (QED) is 0.777. The Balaban J connectivity index is 1.91. The Labute approximate surface area is 141 Å². The molecule has 130 valence electrons. The minimum Gasteiger partial charge on any atom is -0.412 e. The maximum Gasteiger partial charge on any atom is 0.335 e. The van der Waals surface area contributed by atoms with Crippen LogP contribution in [-0.2, 0) is 26.8 Å². The fourth-order valence-corrected chi connectivity index (χ4v) is 3.22. The van der Waals surface area contributed by atoms with Crippen molar-refractivity contribution in [1.82, 2.24) is 15.5 Å². The van der Waals surface area contributed by atoms with Gasteiger partial charge in [-0.15, -0.1) is 5.10 Å². The number of amides is 1. The van der Waals surface area contributed by atoms with Crippen LogP contribution < -0.4 is 5.32 Å². The lowest BCUT2D eigenvalue weighted by Crippen LogP contribution is -2.26. The van der Waals surface area contributed by atoms with E-state index in [1.807, 2.05) is 19.9 Å². The molecule has 1 amide bonds. The van der Waals surface area contributed by atoms with Crippen molar-refractivity contribution in [2.24, 2.45) is 5.92 Å². The average Bonchev–Trinajstić information content (AvgIpc) is 2.97. The molecule has 0 bridgehead atoms. The molecule has 0 aliphatic heterocycles. The molecular weight excluding hydrogens is 330 g/mol. The molecule has 0 saturated heterocycles. The van der Waals surface area contributed by atoms with Crippen molar-refractivity contribution in [3.05, 3.63) is 41.8 Å². The predicted octanol–water partition coefficient (Wildman–Crippen LogP) is 1.75. The molecule has 0 aliphatic carbocycles. The highest BCUT2D eigenvalue weighted by Gasteiger charge is 2.22. The van der Waals surface area contributed by atoms with Crippen molar-refractivity contribution < 1.29 is 17.6 Å². The second kappa shape index (κ2) is 8.05. The second-order valence-electron chi connectivity index (χ2n) is 5.90. The second-order valence-corrected chi connectivity index (χ2v) is 7.77. The van der Waals surface area contributed by atoms with Crippen LogP contribution in [0.5, 0.6) is 0 Å². The fraction of sp³-hybridized carbons (Fsp3) is 0.438. The van der Waals surface area contributed by atoms with Gasteiger partial charge in [0.1, 0.15) is 0 Å². The number of sulfone groups is 1. The molecule has 0 saturated carbocycles. The van der Waals surface area contributed by atoms with Crippen LogP contribution in [0.2, 0.25) is 0 Å². The van der Waals surface area contributed by atoms with Crippen molar-refractivity contribution in [2.45, 2.75) is 37.7 Å². The molecule has 2 rings (SSSR count). The van der Waals surface area contributed by atoms with Gasteiger partial charge < -0.3 is 9.73 Å². The van der Waals surface area contributed by atoms with Crippen LogP contribution in [-0.4, -0.2) is 31.1 Å². The first-order valence-electron chi connectivity index (χ1n) is 7.72. The number of hydrogen-bond acceptors (Lipinski definition) is 6. The van der Waals surface area contributed by atoms with Crippen LogP contribution in [0.3, 0.4) is 0 Å². The lowest BCUT2D eigenvalue weighted by Gasteiger charge is -2.05. The van der Waals surface area contributed by atoms with Crippen molar-refractivity contribution in [3.63, 3.8) is 0 Å². The zero-order valence-electron chi connectivity index (χ0n) is 13.7. The van der Waals surface area contributed by atoms with E-state index >= 15 is 0 Å². The first-order chi connectivity index (χ1) is 11.4. The first kappa shape index (κ1) is 18.1. The van der Waals surface area contributed by atoms with E-state index in [9.17, 15) is 13.2 Å². The van der Waals surface area contributed by atoms with E-state index in [4.69, 9.17) is 4.42 Å². The molecule has 1 aromatic heterocycles. The largest absolute Gasteiger partial charge is 0.412 e. The third kappa shape index (κ3) is 5.45. The molecule has 1 aromatic carbocycles. The molecule has 0 radical (unpaired) electrons. The minimum atomic E-state index is -3.68. The van der Waals surface area contributed by atoms with Crippen molar-refractivity contribution in [3.8, 4) is 0 Å². The van der Waals surface area contributed by atoms with Gasteiger partial charge in [-0.3, -0.25) is 4.79 Å². The van der Waals surface area contributed by atoms with E-state index in [2.05, 4.69) is 15.5 Å². The maximum absolute atomic E-state index is 12.3. The number of hydrogen-bond donors (Lipinski definition) is 1. The van der Waals surface area contributed by atoms with Gasteiger partial charge in [-0.05, 0) is 11.5 Å². The summed E-state index contributed by atoms with van der Waals surface area (Å²) >= 11 is 0. The number of aromatic nitrogens is 2. The molecule has 1 N–H and O–H groups in total. The van der Waals surface area contributed by atoms with Gasteiger partial charge in [0.15, 0.2) is 0 Å². The molecule has 0 fully saturated rings. The van der Waals surface area contributed by atoms with Gasteiger partial charge in [0.25, 0.3) is 0 Å². The van der Waals surface area contributed by atoms with Crippen molar-refractivity contribution >= 4 is 15.7 Å². The maximum atomic E-state index is 12.3.